The van der Waals surface area contributed by atoms with Gasteiger partial charge in [-0.1, -0.05) is 26.0 Å². The van der Waals surface area contributed by atoms with Gasteiger partial charge in [-0.15, -0.1) is 0 Å². The SMILES string of the molecule is CCN(CC)CC(O)c1cccc(O)c1. The summed E-state index contributed by atoms with van der Waals surface area (Å²) in [7, 11) is 0. The highest BCUT2D eigenvalue weighted by Gasteiger charge is 2.11. The van der Waals surface area contributed by atoms with E-state index in [0.29, 0.717) is 6.54 Å². The van der Waals surface area contributed by atoms with Crippen LogP contribution in [0.15, 0.2) is 24.3 Å². The van der Waals surface area contributed by atoms with Crippen LogP contribution in [0.2, 0.25) is 0 Å². The Labute approximate surface area is 91.0 Å². The minimum Gasteiger partial charge on any atom is -0.508 e. The fourth-order valence-corrected chi connectivity index (χ4v) is 1.56. The van der Waals surface area contributed by atoms with E-state index in [2.05, 4.69) is 18.7 Å². The number of aromatic hydroxyl groups is 1. The predicted molar refractivity (Wildman–Crippen MR) is 60.9 cm³/mol. The molecule has 0 aliphatic carbocycles. The predicted octanol–water partition coefficient (Wildman–Crippen LogP) is 1.77. The third kappa shape index (κ3) is 3.53. The second-order valence-corrected chi connectivity index (χ2v) is 3.60. The van der Waals surface area contributed by atoms with E-state index in [1.165, 1.54) is 0 Å². The van der Waals surface area contributed by atoms with Crippen molar-refractivity contribution in [2.75, 3.05) is 19.6 Å². The fourth-order valence-electron chi connectivity index (χ4n) is 1.56. The second kappa shape index (κ2) is 5.73. The van der Waals surface area contributed by atoms with Gasteiger partial charge in [-0.2, -0.15) is 0 Å². The molecule has 84 valence electrons. The molecule has 0 fully saturated rings. The molecule has 0 aliphatic rings. The smallest absolute Gasteiger partial charge is 0.115 e. The van der Waals surface area contributed by atoms with Crippen molar-refractivity contribution in [3.8, 4) is 5.75 Å². The van der Waals surface area contributed by atoms with Crippen molar-refractivity contribution >= 4 is 0 Å². The number of rotatable bonds is 5. The molecule has 0 saturated heterocycles. The van der Waals surface area contributed by atoms with E-state index in [1.807, 2.05) is 6.07 Å². The minimum atomic E-state index is -0.531. The van der Waals surface area contributed by atoms with Crippen LogP contribution in [-0.4, -0.2) is 34.7 Å². The maximum Gasteiger partial charge on any atom is 0.115 e. The summed E-state index contributed by atoms with van der Waals surface area (Å²) in [6.45, 7) is 6.59. The molecule has 0 aromatic heterocycles. The Kier molecular flexibility index (Phi) is 4.59. The molecule has 0 heterocycles. The highest BCUT2D eigenvalue weighted by molar-refractivity contribution is 5.28. The van der Waals surface area contributed by atoms with Gasteiger partial charge in [-0.25, -0.2) is 0 Å². The van der Waals surface area contributed by atoms with Gasteiger partial charge in [0.05, 0.1) is 6.10 Å². The molecule has 0 amide bonds. The lowest BCUT2D eigenvalue weighted by molar-refractivity contribution is 0.119. The van der Waals surface area contributed by atoms with E-state index in [1.54, 1.807) is 18.2 Å². The zero-order valence-corrected chi connectivity index (χ0v) is 9.35. The lowest BCUT2D eigenvalue weighted by Gasteiger charge is -2.22. The summed E-state index contributed by atoms with van der Waals surface area (Å²) in [6.07, 6.45) is -0.531. The Hall–Kier alpha value is -1.06. The first kappa shape index (κ1) is 12.0. The second-order valence-electron chi connectivity index (χ2n) is 3.60. The average molecular weight is 209 g/mol. The van der Waals surface area contributed by atoms with E-state index in [4.69, 9.17) is 0 Å². The van der Waals surface area contributed by atoms with Crippen molar-refractivity contribution in [2.24, 2.45) is 0 Å². The maximum absolute atomic E-state index is 9.92. The van der Waals surface area contributed by atoms with E-state index >= 15 is 0 Å². The Morgan fingerprint density at radius 2 is 1.93 bits per heavy atom. The van der Waals surface area contributed by atoms with Crippen LogP contribution in [0.3, 0.4) is 0 Å². The van der Waals surface area contributed by atoms with Gasteiger partial charge in [0.1, 0.15) is 5.75 Å². The number of likely N-dealkylation sites (N-methyl/N-ethyl adjacent to an activating group) is 1. The Morgan fingerprint density at radius 1 is 1.27 bits per heavy atom. The van der Waals surface area contributed by atoms with E-state index in [0.717, 1.165) is 18.7 Å². The molecule has 1 aromatic carbocycles. The molecule has 1 rings (SSSR count). The van der Waals surface area contributed by atoms with Gasteiger partial charge in [-0.05, 0) is 30.8 Å². The van der Waals surface area contributed by atoms with Gasteiger partial charge in [0.15, 0.2) is 0 Å². The molecule has 1 aromatic rings. The maximum atomic E-state index is 9.92. The van der Waals surface area contributed by atoms with Crippen LogP contribution in [-0.2, 0) is 0 Å². The molecule has 0 radical (unpaired) electrons. The largest absolute Gasteiger partial charge is 0.508 e. The van der Waals surface area contributed by atoms with Crippen molar-refractivity contribution in [1.29, 1.82) is 0 Å². The molecule has 0 aliphatic heterocycles. The number of hydrogen-bond acceptors (Lipinski definition) is 3. The Morgan fingerprint density at radius 3 is 2.47 bits per heavy atom. The number of aliphatic hydroxyl groups is 1. The molecule has 0 bridgehead atoms. The monoisotopic (exact) mass is 209 g/mol. The Bertz CT molecular complexity index is 297. The molecule has 3 nitrogen and oxygen atoms in total. The van der Waals surface area contributed by atoms with Gasteiger partial charge in [0, 0.05) is 6.54 Å². The van der Waals surface area contributed by atoms with E-state index < -0.39 is 6.10 Å². The van der Waals surface area contributed by atoms with Crippen LogP contribution in [0.4, 0.5) is 0 Å². The number of nitrogens with zero attached hydrogens (tertiary/aromatic N) is 1. The van der Waals surface area contributed by atoms with Crippen LogP contribution in [0, 0.1) is 0 Å². The molecule has 15 heavy (non-hydrogen) atoms. The summed E-state index contributed by atoms with van der Waals surface area (Å²) in [6, 6.07) is 6.78. The summed E-state index contributed by atoms with van der Waals surface area (Å²) in [5.74, 6) is 0.200. The molecule has 1 unspecified atom stereocenters. The third-order valence-electron chi connectivity index (χ3n) is 2.58. The standard InChI is InChI=1S/C12H19NO2/c1-3-13(4-2)9-12(15)10-6-5-7-11(14)8-10/h5-8,12,14-15H,3-4,9H2,1-2H3. The normalized spacial score (nSPS) is 13.1. The summed E-state index contributed by atoms with van der Waals surface area (Å²) in [4.78, 5) is 2.15. The molecule has 2 N–H and O–H groups in total. The van der Waals surface area contributed by atoms with Gasteiger partial charge in [0.25, 0.3) is 0 Å². The van der Waals surface area contributed by atoms with Crippen LogP contribution >= 0.6 is 0 Å². The fraction of sp³-hybridized carbons (Fsp3) is 0.500. The number of phenolic OH excluding ortho intramolecular Hbond substituents is 1. The van der Waals surface area contributed by atoms with Crippen LogP contribution in [0.1, 0.15) is 25.5 Å². The molecular formula is C12H19NO2. The Balaban J connectivity index is 2.64. The number of aliphatic hydroxyl groups excluding tert-OH is 1. The first-order valence-electron chi connectivity index (χ1n) is 5.36. The molecular weight excluding hydrogens is 190 g/mol. The topological polar surface area (TPSA) is 43.7 Å². The van der Waals surface area contributed by atoms with Crippen molar-refractivity contribution in [1.82, 2.24) is 4.90 Å². The lowest BCUT2D eigenvalue weighted by Crippen LogP contribution is -2.28. The highest BCUT2D eigenvalue weighted by atomic mass is 16.3. The highest BCUT2D eigenvalue weighted by Crippen LogP contribution is 2.18. The van der Waals surface area contributed by atoms with Crippen molar-refractivity contribution in [3.05, 3.63) is 29.8 Å². The summed E-state index contributed by atoms with van der Waals surface area (Å²) < 4.78 is 0. The van der Waals surface area contributed by atoms with E-state index in [-0.39, 0.29) is 5.75 Å². The zero-order chi connectivity index (χ0) is 11.3. The molecule has 3 heteroatoms. The average Bonchev–Trinajstić information content (AvgIpc) is 2.25. The van der Waals surface area contributed by atoms with Crippen LogP contribution < -0.4 is 0 Å². The van der Waals surface area contributed by atoms with Gasteiger partial charge >= 0.3 is 0 Å². The van der Waals surface area contributed by atoms with Gasteiger partial charge < -0.3 is 15.1 Å². The molecule has 1 atom stereocenters. The summed E-state index contributed by atoms with van der Waals surface area (Å²) in [5.41, 5.74) is 0.766. The minimum absolute atomic E-state index is 0.200. The lowest BCUT2D eigenvalue weighted by atomic mass is 10.1. The number of hydrogen-bond donors (Lipinski definition) is 2. The number of phenols is 1. The summed E-state index contributed by atoms with van der Waals surface area (Å²) >= 11 is 0. The van der Waals surface area contributed by atoms with Crippen molar-refractivity contribution in [3.63, 3.8) is 0 Å². The quantitative estimate of drug-likeness (QED) is 0.776. The van der Waals surface area contributed by atoms with Gasteiger partial charge in [0.2, 0.25) is 0 Å². The summed E-state index contributed by atoms with van der Waals surface area (Å²) in [5, 5.41) is 19.2. The van der Waals surface area contributed by atoms with Gasteiger partial charge in [-0.3, -0.25) is 0 Å². The van der Waals surface area contributed by atoms with Crippen LogP contribution in [0.5, 0.6) is 5.75 Å². The van der Waals surface area contributed by atoms with Crippen LogP contribution in [0.25, 0.3) is 0 Å². The first-order valence-corrected chi connectivity index (χ1v) is 5.36. The number of benzene rings is 1. The van der Waals surface area contributed by atoms with Crippen molar-refractivity contribution < 1.29 is 10.2 Å². The first-order chi connectivity index (χ1) is 7.17. The zero-order valence-electron chi connectivity index (χ0n) is 9.35. The third-order valence-corrected chi connectivity index (χ3v) is 2.58. The van der Waals surface area contributed by atoms with E-state index in [9.17, 15) is 10.2 Å². The molecule has 0 saturated carbocycles. The molecule has 0 spiro atoms. The van der Waals surface area contributed by atoms with Crippen molar-refractivity contribution in [2.45, 2.75) is 20.0 Å².